The van der Waals surface area contributed by atoms with Gasteiger partial charge in [0.05, 0.1) is 11.0 Å². The molecular formula is C13H17N3O4. The third-order valence-corrected chi connectivity index (χ3v) is 3.24. The molecule has 0 bridgehead atoms. The summed E-state index contributed by atoms with van der Waals surface area (Å²) >= 11 is 0. The van der Waals surface area contributed by atoms with E-state index in [2.05, 4.69) is 10.6 Å². The molecule has 1 aliphatic rings. The van der Waals surface area contributed by atoms with E-state index >= 15 is 0 Å². The predicted octanol–water partition coefficient (Wildman–Crippen LogP) is 1.55. The lowest BCUT2D eigenvalue weighted by atomic mass is 10.1. The first-order valence-corrected chi connectivity index (χ1v) is 6.48. The van der Waals surface area contributed by atoms with Crippen molar-refractivity contribution in [2.45, 2.75) is 18.9 Å². The Balaban J connectivity index is 2.05. The summed E-state index contributed by atoms with van der Waals surface area (Å²) < 4.78 is 5.40. The van der Waals surface area contributed by atoms with Gasteiger partial charge in [-0.05, 0) is 25.0 Å². The number of carbonyl (C=O) groups excluding carboxylic acids is 1. The van der Waals surface area contributed by atoms with E-state index in [1.165, 1.54) is 12.1 Å². The molecule has 0 aromatic heterocycles. The third-order valence-electron chi connectivity index (χ3n) is 3.24. The highest BCUT2D eigenvalue weighted by Gasteiger charge is 2.19. The summed E-state index contributed by atoms with van der Waals surface area (Å²) in [5, 5.41) is 16.4. The van der Waals surface area contributed by atoms with Crippen LogP contribution in [-0.2, 0) is 4.74 Å². The smallest absolute Gasteiger partial charge is 0.293 e. The summed E-state index contributed by atoms with van der Waals surface area (Å²) in [6.07, 6.45) is 1.98. The molecule has 1 aromatic carbocycles. The molecule has 1 heterocycles. The Morgan fingerprint density at radius 2 is 2.35 bits per heavy atom. The van der Waals surface area contributed by atoms with Gasteiger partial charge in [-0.15, -0.1) is 0 Å². The molecule has 7 heteroatoms. The fourth-order valence-corrected chi connectivity index (χ4v) is 2.15. The van der Waals surface area contributed by atoms with E-state index in [4.69, 9.17) is 4.74 Å². The van der Waals surface area contributed by atoms with Gasteiger partial charge < -0.3 is 15.4 Å². The van der Waals surface area contributed by atoms with Gasteiger partial charge in [-0.1, -0.05) is 0 Å². The van der Waals surface area contributed by atoms with Crippen LogP contribution in [0.3, 0.4) is 0 Å². The maximum Gasteiger partial charge on any atom is 0.293 e. The number of rotatable bonds is 5. The number of nitro benzene ring substituents is 1. The Morgan fingerprint density at radius 1 is 1.55 bits per heavy atom. The van der Waals surface area contributed by atoms with Crippen molar-refractivity contribution in [1.29, 1.82) is 0 Å². The van der Waals surface area contributed by atoms with Crippen molar-refractivity contribution < 1.29 is 14.5 Å². The molecule has 0 spiro atoms. The molecule has 2 N–H and O–H groups in total. The zero-order valence-electron chi connectivity index (χ0n) is 11.2. The fraction of sp³-hybridized carbons (Fsp3) is 0.462. The van der Waals surface area contributed by atoms with Gasteiger partial charge in [-0.25, -0.2) is 0 Å². The number of carbonyl (C=O) groups is 1. The lowest BCUT2D eigenvalue weighted by Gasteiger charge is -2.11. The highest BCUT2D eigenvalue weighted by atomic mass is 16.6. The van der Waals surface area contributed by atoms with Crippen LogP contribution < -0.4 is 10.6 Å². The monoisotopic (exact) mass is 279 g/mol. The number of nitrogens with one attached hydrogen (secondary N) is 2. The lowest BCUT2D eigenvalue weighted by Crippen LogP contribution is -2.31. The van der Waals surface area contributed by atoms with Crippen LogP contribution in [-0.4, -0.2) is 37.1 Å². The summed E-state index contributed by atoms with van der Waals surface area (Å²) in [6, 6.07) is 4.36. The van der Waals surface area contributed by atoms with E-state index in [-0.39, 0.29) is 23.3 Å². The van der Waals surface area contributed by atoms with Crippen molar-refractivity contribution >= 4 is 17.3 Å². The zero-order chi connectivity index (χ0) is 14.5. The van der Waals surface area contributed by atoms with Gasteiger partial charge in [0.25, 0.3) is 11.6 Å². The van der Waals surface area contributed by atoms with Crippen molar-refractivity contribution in [3.63, 3.8) is 0 Å². The highest BCUT2D eigenvalue weighted by molar-refractivity contribution is 5.95. The van der Waals surface area contributed by atoms with Crippen LogP contribution in [0, 0.1) is 10.1 Å². The number of nitrogens with zero attached hydrogens (tertiary/aromatic N) is 1. The largest absolute Gasteiger partial charge is 0.383 e. The van der Waals surface area contributed by atoms with E-state index in [0.29, 0.717) is 12.2 Å². The van der Waals surface area contributed by atoms with Gasteiger partial charge in [0.1, 0.15) is 5.69 Å². The fourth-order valence-electron chi connectivity index (χ4n) is 2.15. The molecule has 2 rings (SSSR count). The SMILES string of the molecule is CNc1ccc(C(=O)NCC2CCCO2)cc1[N+](=O)[O-]. The van der Waals surface area contributed by atoms with E-state index in [9.17, 15) is 14.9 Å². The molecule has 1 atom stereocenters. The number of hydrogen-bond donors (Lipinski definition) is 2. The van der Waals surface area contributed by atoms with Gasteiger partial charge in [0.2, 0.25) is 0 Å². The Kier molecular flexibility index (Phi) is 4.52. The zero-order valence-corrected chi connectivity index (χ0v) is 11.2. The minimum atomic E-state index is -0.511. The molecule has 108 valence electrons. The van der Waals surface area contributed by atoms with Crippen LogP contribution in [0.4, 0.5) is 11.4 Å². The number of amides is 1. The first kappa shape index (κ1) is 14.3. The summed E-state index contributed by atoms with van der Waals surface area (Å²) in [5.74, 6) is -0.328. The van der Waals surface area contributed by atoms with Crippen LogP contribution in [0.1, 0.15) is 23.2 Å². The molecule has 0 aliphatic carbocycles. The van der Waals surface area contributed by atoms with E-state index < -0.39 is 4.92 Å². The second kappa shape index (κ2) is 6.33. The number of ether oxygens (including phenoxy) is 1. The third kappa shape index (κ3) is 3.24. The minimum absolute atomic E-state index is 0.0468. The molecule has 0 saturated carbocycles. The minimum Gasteiger partial charge on any atom is -0.383 e. The quantitative estimate of drug-likeness (QED) is 0.630. The molecule has 1 aliphatic heterocycles. The van der Waals surface area contributed by atoms with Crippen molar-refractivity contribution in [3.8, 4) is 0 Å². The number of nitro groups is 1. The summed E-state index contributed by atoms with van der Waals surface area (Å²) in [5.41, 5.74) is 0.539. The Morgan fingerprint density at radius 3 is 2.95 bits per heavy atom. The van der Waals surface area contributed by atoms with Gasteiger partial charge in [0, 0.05) is 31.8 Å². The van der Waals surface area contributed by atoms with Crippen LogP contribution >= 0.6 is 0 Å². The van der Waals surface area contributed by atoms with Crippen LogP contribution in [0.5, 0.6) is 0 Å². The summed E-state index contributed by atoms with van der Waals surface area (Å²) in [4.78, 5) is 22.4. The molecule has 1 aromatic rings. The van der Waals surface area contributed by atoms with E-state index in [0.717, 1.165) is 19.4 Å². The highest BCUT2D eigenvalue weighted by Crippen LogP contribution is 2.25. The Hall–Kier alpha value is -2.15. The molecule has 20 heavy (non-hydrogen) atoms. The van der Waals surface area contributed by atoms with Crippen molar-refractivity contribution in [2.75, 3.05) is 25.5 Å². The molecule has 7 nitrogen and oxygen atoms in total. The van der Waals surface area contributed by atoms with Gasteiger partial charge in [-0.2, -0.15) is 0 Å². The normalized spacial score (nSPS) is 17.8. The van der Waals surface area contributed by atoms with E-state index in [1.807, 2.05) is 0 Å². The van der Waals surface area contributed by atoms with Crippen LogP contribution in [0.2, 0.25) is 0 Å². The number of anilines is 1. The first-order chi connectivity index (χ1) is 9.61. The average molecular weight is 279 g/mol. The predicted molar refractivity (Wildman–Crippen MR) is 74.0 cm³/mol. The number of hydrogen-bond acceptors (Lipinski definition) is 5. The van der Waals surface area contributed by atoms with Crippen LogP contribution in [0.15, 0.2) is 18.2 Å². The molecule has 1 amide bonds. The first-order valence-electron chi connectivity index (χ1n) is 6.48. The van der Waals surface area contributed by atoms with Crippen molar-refractivity contribution in [1.82, 2.24) is 5.32 Å². The second-order valence-corrected chi connectivity index (χ2v) is 4.58. The van der Waals surface area contributed by atoms with E-state index in [1.54, 1.807) is 13.1 Å². The summed E-state index contributed by atoms with van der Waals surface area (Å²) in [6.45, 7) is 1.16. The second-order valence-electron chi connectivity index (χ2n) is 4.58. The maximum atomic E-state index is 12.0. The standard InChI is InChI=1S/C13H17N3O4/c1-14-11-5-4-9(7-12(11)16(18)19)13(17)15-8-10-3-2-6-20-10/h4-5,7,10,14H,2-3,6,8H2,1H3,(H,15,17). The van der Waals surface area contributed by atoms with Gasteiger partial charge in [0.15, 0.2) is 0 Å². The molecule has 1 unspecified atom stereocenters. The molecule has 1 fully saturated rings. The van der Waals surface area contributed by atoms with Crippen LogP contribution in [0.25, 0.3) is 0 Å². The molecule has 1 saturated heterocycles. The molecule has 0 radical (unpaired) electrons. The van der Waals surface area contributed by atoms with Gasteiger partial charge in [-0.3, -0.25) is 14.9 Å². The Bertz CT molecular complexity index is 512. The van der Waals surface area contributed by atoms with Crippen molar-refractivity contribution in [3.05, 3.63) is 33.9 Å². The lowest BCUT2D eigenvalue weighted by molar-refractivity contribution is -0.384. The Labute approximate surface area is 116 Å². The average Bonchev–Trinajstić information content (AvgIpc) is 2.97. The summed E-state index contributed by atoms with van der Waals surface area (Å²) in [7, 11) is 1.60. The molecular weight excluding hydrogens is 262 g/mol. The maximum absolute atomic E-state index is 12.0. The number of benzene rings is 1. The van der Waals surface area contributed by atoms with Gasteiger partial charge >= 0.3 is 0 Å². The van der Waals surface area contributed by atoms with Crippen molar-refractivity contribution in [2.24, 2.45) is 0 Å². The topological polar surface area (TPSA) is 93.5 Å².